The lowest BCUT2D eigenvalue weighted by Crippen LogP contribution is -2.22. The number of nitrogens with one attached hydrogen (secondary N) is 1. The zero-order chi connectivity index (χ0) is 22.7. The zero-order valence-corrected chi connectivity index (χ0v) is 17.2. The van der Waals surface area contributed by atoms with Gasteiger partial charge in [0.25, 0.3) is 5.91 Å². The van der Waals surface area contributed by atoms with Gasteiger partial charge in [0, 0.05) is 12.1 Å². The maximum Gasteiger partial charge on any atom is 0.416 e. The Balaban J connectivity index is 1.56. The number of carbonyl (C=O) groups excluding carboxylic acids is 1. The molecule has 4 rings (SSSR count). The monoisotopic (exact) mass is 435 g/mol. The normalized spacial score (nSPS) is 11.4. The number of carbonyl (C=O) groups is 1. The number of methoxy groups -OCH3 is 1. The molecule has 0 aliphatic carbocycles. The minimum Gasteiger partial charge on any atom is -0.497 e. The van der Waals surface area contributed by atoms with E-state index in [4.69, 9.17) is 4.74 Å². The highest BCUT2D eigenvalue weighted by Gasteiger charge is 2.30. The quantitative estimate of drug-likeness (QED) is 0.390. The highest BCUT2D eigenvalue weighted by molar-refractivity contribution is 6.02. The first-order chi connectivity index (χ1) is 15.3. The second kappa shape index (κ2) is 8.75. The van der Waals surface area contributed by atoms with Gasteiger partial charge in [-0.05, 0) is 63.9 Å². The van der Waals surface area contributed by atoms with Crippen LogP contribution in [-0.2, 0) is 12.7 Å². The van der Waals surface area contributed by atoms with Crippen LogP contribution >= 0.6 is 0 Å². The molecular formula is C26H20F3NO2. The van der Waals surface area contributed by atoms with Crippen LogP contribution in [-0.4, -0.2) is 13.0 Å². The molecule has 0 bridgehead atoms. The first-order valence-electron chi connectivity index (χ1n) is 9.97. The van der Waals surface area contributed by atoms with Gasteiger partial charge >= 0.3 is 6.18 Å². The Morgan fingerprint density at radius 2 is 1.66 bits per heavy atom. The summed E-state index contributed by atoms with van der Waals surface area (Å²) in [5.41, 5.74) is 2.22. The molecule has 0 aliphatic heterocycles. The van der Waals surface area contributed by atoms with Crippen molar-refractivity contribution in [1.29, 1.82) is 0 Å². The summed E-state index contributed by atoms with van der Waals surface area (Å²) in [4.78, 5) is 12.7. The Labute approximate surface area is 183 Å². The summed E-state index contributed by atoms with van der Waals surface area (Å²) < 4.78 is 43.8. The molecule has 4 aromatic rings. The highest BCUT2D eigenvalue weighted by Crippen LogP contribution is 2.33. The molecule has 0 aromatic heterocycles. The maximum absolute atomic E-state index is 12.9. The molecule has 0 saturated heterocycles. The number of halogens is 3. The van der Waals surface area contributed by atoms with Gasteiger partial charge in [-0.3, -0.25) is 4.79 Å². The second-order valence-electron chi connectivity index (χ2n) is 7.35. The van der Waals surface area contributed by atoms with Gasteiger partial charge in [-0.2, -0.15) is 13.2 Å². The number of benzene rings is 4. The van der Waals surface area contributed by atoms with Crippen LogP contribution in [0.4, 0.5) is 13.2 Å². The van der Waals surface area contributed by atoms with E-state index in [1.54, 1.807) is 19.2 Å². The van der Waals surface area contributed by atoms with Gasteiger partial charge in [0.1, 0.15) is 5.75 Å². The molecule has 3 nitrogen and oxygen atoms in total. The summed E-state index contributed by atoms with van der Waals surface area (Å²) in [7, 11) is 1.59. The molecule has 0 spiro atoms. The van der Waals surface area contributed by atoms with Crippen molar-refractivity contribution in [3.63, 3.8) is 0 Å². The van der Waals surface area contributed by atoms with Crippen molar-refractivity contribution in [2.45, 2.75) is 12.7 Å². The van der Waals surface area contributed by atoms with Crippen LogP contribution in [0.2, 0.25) is 0 Å². The third kappa shape index (κ3) is 4.59. The molecule has 0 atom stereocenters. The van der Waals surface area contributed by atoms with Gasteiger partial charge in [-0.1, -0.05) is 48.5 Å². The molecule has 6 heteroatoms. The SMILES string of the molecule is COc1cccc(CNC(=O)c2ccc3c(-c4ccc(C(F)(F)F)cc4)cccc3c2)c1. The minimum atomic E-state index is -4.37. The maximum atomic E-state index is 12.9. The lowest BCUT2D eigenvalue weighted by atomic mass is 9.96. The van der Waals surface area contributed by atoms with E-state index in [-0.39, 0.29) is 5.91 Å². The summed E-state index contributed by atoms with van der Waals surface area (Å²) in [6.45, 7) is 0.361. The largest absolute Gasteiger partial charge is 0.497 e. The van der Waals surface area contributed by atoms with E-state index in [9.17, 15) is 18.0 Å². The number of rotatable bonds is 5. The Kier molecular flexibility index (Phi) is 5.86. The van der Waals surface area contributed by atoms with Crippen LogP contribution in [0.25, 0.3) is 21.9 Å². The van der Waals surface area contributed by atoms with Crippen molar-refractivity contribution in [2.75, 3.05) is 7.11 Å². The number of hydrogen-bond donors (Lipinski definition) is 1. The van der Waals surface area contributed by atoms with Gasteiger partial charge < -0.3 is 10.1 Å². The van der Waals surface area contributed by atoms with E-state index >= 15 is 0 Å². The summed E-state index contributed by atoms with van der Waals surface area (Å²) in [5.74, 6) is 0.507. The fourth-order valence-electron chi connectivity index (χ4n) is 3.58. The number of amides is 1. The third-order valence-corrected chi connectivity index (χ3v) is 5.25. The van der Waals surface area contributed by atoms with Gasteiger partial charge in [-0.25, -0.2) is 0 Å². The van der Waals surface area contributed by atoms with Crippen LogP contribution in [0.15, 0.2) is 84.9 Å². The van der Waals surface area contributed by atoms with E-state index in [2.05, 4.69) is 5.32 Å². The average Bonchev–Trinajstić information content (AvgIpc) is 2.81. The Bertz CT molecular complexity index is 1260. The molecular weight excluding hydrogens is 415 g/mol. The van der Waals surface area contributed by atoms with Crippen molar-refractivity contribution in [1.82, 2.24) is 5.32 Å². The van der Waals surface area contributed by atoms with E-state index in [1.807, 2.05) is 48.5 Å². The van der Waals surface area contributed by atoms with E-state index in [0.29, 0.717) is 17.7 Å². The first-order valence-corrected chi connectivity index (χ1v) is 9.97. The molecule has 0 saturated carbocycles. The van der Waals surface area contributed by atoms with Crippen LogP contribution in [0.5, 0.6) is 5.75 Å². The standard InChI is InChI=1S/C26H20F3NO2/c1-32-22-6-2-4-17(14-22)16-30-25(31)20-10-13-24-19(15-20)5-3-7-23(24)18-8-11-21(12-9-18)26(27,28)29/h2-15H,16H2,1H3,(H,30,31). The van der Waals surface area contributed by atoms with Gasteiger partial charge in [0.05, 0.1) is 12.7 Å². The van der Waals surface area contributed by atoms with Crippen molar-refractivity contribution in [3.05, 3.63) is 102 Å². The van der Waals surface area contributed by atoms with Gasteiger partial charge in [0.15, 0.2) is 0 Å². The van der Waals surface area contributed by atoms with Crippen LogP contribution in [0.1, 0.15) is 21.5 Å². The Morgan fingerprint density at radius 3 is 2.38 bits per heavy atom. The molecule has 1 N–H and O–H groups in total. The second-order valence-corrected chi connectivity index (χ2v) is 7.35. The number of hydrogen-bond acceptors (Lipinski definition) is 2. The molecule has 0 heterocycles. The topological polar surface area (TPSA) is 38.3 Å². The smallest absolute Gasteiger partial charge is 0.416 e. The molecule has 162 valence electrons. The fraction of sp³-hybridized carbons (Fsp3) is 0.115. The molecule has 0 fully saturated rings. The predicted molar refractivity (Wildman–Crippen MR) is 119 cm³/mol. The number of alkyl halides is 3. The molecule has 0 unspecified atom stereocenters. The van der Waals surface area contributed by atoms with Crippen molar-refractivity contribution >= 4 is 16.7 Å². The lowest BCUT2D eigenvalue weighted by Gasteiger charge is -2.11. The molecule has 0 aliphatic rings. The lowest BCUT2D eigenvalue weighted by molar-refractivity contribution is -0.137. The van der Waals surface area contributed by atoms with Gasteiger partial charge in [0.2, 0.25) is 0 Å². The Morgan fingerprint density at radius 1 is 0.906 bits per heavy atom. The minimum absolute atomic E-state index is 0.213. The van der Waals surface area contributed by atoms with Crippen LogP contribution in [0, 0.1) is 0 Å². The first kappa shape index (κ1) is 21.4. The summed E-state index contributed by atoms with van der Waals surface area (Å²) in [6, 6.07) is 23.4. The van der Waals surface area contributed by atoms with Crippen molar-refractivity contribution in [3.8, 4) is 16.9 Å². The molecule has 0 radical (unpaired) electrons. The summed E-state index contributed by atoms with van der Waals surface area (Å²) in [6.07, 6.45) is -4.37. The molecule has 1 amide bonds. The molecule has 4 aromatic carbocycles. The zero-order valence-electron chi connectivity index (χ0n) is 17.2. The van der Waals surface area contributed by atoms with Crippen molar-refractivity contribution in [2.24, 2.45) is 0 Å². The summed E-state index contributed by atoms with van der Waals surface area (Å²) >= 11 is 0. The van der Waals surface area contributed by atoms with Crippen molar-refractivity contribution < 1.29 is 22.7 Å². The predicted octanol–water partition coefficient (Wildman–Crippen LogP) is 6.46. The number of ether oxygens (including phenoxy) is 1. The number of fused-ring (bicyclic) bond motifs is 1. The van der Waals surface area contributed by atoms with Crippen LogP contribution < -0.4 is 10.1 Å². The average molecular weight is 435 g/mol. The van der Waals surface area contributed by atoms with Gasteiger partial charge in [-0.15, -0.1) is 0 Å². The Hall–Kier alpha value is -3.80. The fourth-order valence-corrected chi connectivity index (χ4v) is 3.58. The molecule has 32 heavy (non-hydrogen) atoms. The van der Waals surface area contributed by atoms with Crippen LogP contribution in [0.3, 0.4) is 0 Å². The summed E-state index contributed by atoms with van der Waals surface area (Å²) in [5, 5.41) is 4.58. The highest BCUT2D eigenvalue weighted by atomic mass is 19.4. The third-order valence-electron chi connectivity index (χ3n) is 5.25. The van der Waals surface area contributed by atoms with E-state index in [0.717, 1.165) is 39.8 Å². The van der Waals surface area contributed by atoms with E-state index in [1.165, 1.54) is 12.1 Å². The van der Waals surface area contributed by atoms with E-state index < -0.39 is 11.7 Å².